The van der Waals surface area contributed by atoms with Gasteiger partial charge in [-0.1, -0.05) is 26.0 Å². The Bertz CT molecular complexity index is 986. The average Bonchev–Trinajstić information content (AvgIpc) is 2.76. The molecule has 2 aromatic carbocycles. The van der Waals surface area contributed by atoms with E-state index >= 15 is 0 Å². The SMILES string of the molecule is CCOC(=O)Cc1ccc(OC)c(-c2ccc(C(F)(F)F)cc2CN(CC)C(=O)C(C)C)c1. The monoisotopic (exact) mass is 465 g/mol. The number of benzene rings is 2. The van der Waals surface area contributed by atoms with E-state index in [1.807, 2.05) is 0 Å². The minimum atomic E-state index is -4.53. The fourth-order valence-corrected chi connectivity index (χ4v) is 3.53. The van der Waals surface area contributed by atoms with Gasteiger partial charge in [-0.25, -0.2) is 0 Å². The maximum atomic E-state index is 13.5. The number of alkyl halides is 3. The van der Waals surface area contributed by atoms with E-state index in [0.29, 0.717) is 34.5 Å². The lowest BCUT2D eigenvalue weighted by Crippen LogP contribution is -2.33. The van der Waals surface area contributed by atoms with Crippen LogP contribution in [0, 0.1) is 5.92 Å². The van der Waals surface area contributed by atoms with Gasteiger partial charge < -0.3 is 14.4 Å². The van der Waals surface area contributed by atoms with Crippen LogP contribution in [0.5, 0.6) is 5.75 Å². The maximum Gasteiger partial charge on any atom is 0.416 e. The van der Waals surface area contributed by atoms with Crippen molar-refractivity contribution in [3.63, 3.8) is 0 Å². The van der Waals surface area contributed by atoms with Crippen molar-refractivity contribution in [1.29, 1.82) is 0 Å². The van der Waals surface area contributed by atoms with Crippen LogP contribution in [-0.4, -0.2) is 37.0 Å². The predicted octanol–water partition coefficient (Wildman–Crippen LogP) is 5.49. The first-order valence-corrected chi connectivity index (χ1v) is 10.8. The summed E-state index contributed by atoms with van der Waals surface area (Å²) in [7, 11) is 1.47. The second kappa shape index (κ2) is 11.2. The molecule has 0 saturated carbocycles. The number of carbonyl (C=O) groups excluding carboxylic acids is 2. The van der Waals surface area contributed by atoms with Crippen molar-refractivity contribution in [1.82, 2.24) is 4.90 Å². The minimum absolute atomic E-state index is 0.0119. The number of carbonyl (C=O) groups is 2. The first-order valence-electron chi connectivity index (χ1n) is 10.8. The number of ether oxygens (including phenoxy) is 2. The van der Waals surface area contributed by atoms with Crippen LogP contribution in [0.25, 0.3) is 11.1 Å². The zero-order valence-electron chi connectivity index (χ0n) is 19.6. The lowest BCUT2D eigenvalue weighted by Gasteiger charge is -2.25. The van der Waals surface area contributed by atoms with Gasteiger partial charge in [-0.3, -0.25) is 9.59 Å². The van der Waals surface area contributed by atoms with Gasteiger partial charge in [0.2, 0.25) is 5.91 Å². The molecule has 5 nitrogen and oxygen atoms in total. The van der Waals surface area contributed by atoms with Crippen molar-refractivity contribution in [2.45, 2.75) is 46.8 Å². The average molecular weight is 466 g/mol. The van der Waals surface area contributed by atoms with E-state index < -0.39 is 17.7 Å². The number of halogens is 3. The Balaban J connectivity index is 2.62. The maximum absolute atomic E-state index is 13.5. The first kappa shape index (κ1) is 26.2. The summed E-state index contributed by atoms with van der Waals surface area (Å²) >= 11 is 0. The summed E-state index contributed by atoms with van der Waals surface area (Å²) in [4.78, 5) is 26.1. The van der Waals surface area contributed by atoms with Gasteiger partial charge in [0.1, 0.15) is 5.75 Å². The smallest absolute Gasteiger partial charge is 0.416 e. The number of amides is 1. The molecule has 0 saturated heterocycles. The summed E-state index contributed by atoms with van der Waals surface area (Å²) in [6, 6.07) is 8.56. The number of hydrogen-bond acceptors (Lipinski definition) is 4. The summed E-state index contributed by atoms with van der Waals surface area (Å²) in [5.41, 5.74) is 1.22. The van der Waals surface area contributed by atoms with Gasteiger partial charge in [-0.05, 0) is 54.8 Å². The van der Waals surface area contributed by atoms with Crippen LogP contribution >= 0.6 is 0 Å². The Morgan fingerprint density at radius 2 is 1.73 bits per heavy atom. The number of methoxy groups -OCH3 is 1. The third-order valence-electron chi connectivity index (χ3n) is 5.19. The molecular formula is C25H30F3NO4. The van der Waals surface area contributed by atoms with E-state index in [0.717, 1.165) is 12.1 Å². The molecule has 33 heavy (non-hydrogen) atoms. The molecule has 0 aliphatic carbocycles. The van der Waals surface area contributed by atoms with Gasteiger partial charge in [0, 0.05) is 24.6 Å². The fraction of sp³-hybridized carbons (Fsp3) is 0.440. The largest absolute Gasteiger partial charge is 0.496 e. The molecule has 0 unspecified atom stereocenters. The van der Waals surface area contributed by atoms with Crippen LogP contribution in [0.4, 0.5) is 13.2 Å². The van der Waals surface area contributed by atoms with Crippen molar-refractivity contribution in [3.8, 4) is 16.9 Å². The molecule has 0 bridgehead atoms. The second-order valence-corrected chi connectivity index (χ2v) is 7.89. The molecule has 0 radical (unpaired) electrons. The second-order valence-electron chi connectivity index (χ2n) is 7.89. The number of nitrogens with zero attached hydrogens (tertiary/aromatic N) is 1. The van der Waals surface area contributed by atoms with Crippen LogP contribution < -0.4 is 4.74 Å². The lowest BCUT2D eigenvalue weighted by molar-refractivity contribution is -0.142. The third-order valence-corrected chi connectivity index (χ3v) is 5.19. The zero-order chi connectivity index (χ0) is 24.8. The van der Waals surface area contributed by atoms with Gasteiger partial charge in [-0.2, -0.15) is 13.2 Å². The number of rotatable bonds is 9. The summed E-state index contributed by atoms with van der Waals surface area (Å²) in [6.07, 6.45) is -4.50. The van der Waals surface area contributed by atoms with E-state index in [1.165, 1.54) is 18.1 Å². The van der Waals surface area contributed by atoms with E-state index in [9.17, 15) is 22.8 Å². The predicted molar refractivity (Wildman–Crippen MR) is 120 cm³/mol. The Kier molecular flexibility index (Phi) is 8.91. The summed E-state index contributed by atoms with van der Waals surface area (Å²) in [6.45, 7) is 7.62. The van der Waals surface area contributed by atoms with Gasteiger partial charge in [0.15, 0.2) is 0 Å². The highest BCUT2D eigenvalue weighted by Gasteiger charge is 2.32. The zero-order valence-corrected chi connectivity index (χ0v) is 19.6. The Labute approximate surface area is 192 Å². The molecule has 0 heterocycles. The summed E-state index contributed by atoms with van der Waals surface area (Å²) in [5.74, 6) is -0.395. The van der Waals surface area contributed by atoms with Crippen molar-refractivity contribution in [3.05, 3.63) is 53.1 Å². The Morgan fingerprint density at radius 3 is 2.27 bits per heavy atom. The minimum Gasteiger partial charge on any atom is -0.496 e. The lowest BCUT2D eigenvalue weighted by atomic mass is 9.94. The Hall–Kier alpha value is -3.03. The van der Waals surface area contributed by atoms with E-state index in [4.69, 9.17) is 9.47 Å². The van der Waals surface area contributed by atoms with E-state index in [2.05, 4.69) is 0 Å². The molecule has 1 amide bonds. The van der Waals surface area contributed by atoms with Crippen LogP contribution in [0.15, 0.2) is 36.4 Å². The molecule has 2 rings (SSSR count). The molecule has 2 aromatic rings. The van der Waals surface area contributed by atoms with Gasteiger partial charge >= 0.3 is 12.1 Å². The van der Waals surface area contributed by atoms with E-state index in [-0.39, 0.29) is 31.4 Å². The Morgan fingerprint density at radius 1 is 1.03 bits per heavy atom. The molecule has 0 fully saturated rings. The van der Waals surface area contributed by atoms with Gasteiger partial charge in [-0.15, -0.1) is 0 Å². The van der Waals surface area contributed by atoms with Crippen molar-refractivity contribution < 1.29 is 32.2 Å². The quantitative estimate of drug-likeness (QED) is 0.460. The molecule has 0 aromatic heterocycles. The normalized spacial score (nSPS) is 11.4. The standard InChI is InChI=1S/C25H30F3NO4/c1-6-29(24(31)16(3)4)15-18-14-19(25(26,27)28)9-10-20(18)21-12-17(8-11-22(21)32-5)13-23(30)33-7-2/h8-12,14,16H,6-7,13,15H2,1-5H3. The van der Waals surface area contributed by atoms with Crippen LogP contribution in [-0.2, 0) is 33.5 Å². The van der Waals surface area contributed by atoms with Crippen molar-refractivity contribution in [2.75, 3.05) is 20.3 Å². The highest BCUT2D eigenvalue weighted by molar-refractivity contribution is 5.80. The van der Waals surface area contributed by atoms with Gasteiger partial charge in [0.05, 0.1) is 25.7 Å². The molecule has 180 valence electrons. The molecule has 0 aliphatic heterocycles. The van der Waals surface area contributed by atoms with Crippen LogP contribution in [0.2, 0.25) is 0 Å². The number of hydrogen-bond donors (Lipinski definition) is 0. The molecule has 0 atom stereocenters. The first-order chi connectivity index (χ1) is 15.5. The highest BCUT2D eigenvalue weighted by atomic mass is 19.4. The number of esters is 1. The van der Waals surface area contributed by atoms with Crippen molar-refractivity contribution >= 4 is 11.9 Å². The van der Waals surface area contributed by atoms with E-state index in [1.54, 1.807) is 45.9 Å². The molecule has 0 N–H and O–H groups in total. The molecular weight excluding hydrogens is 435 g/mol. The van der Waals surface area contributed by atoms with Crippen molar-refractivity contribution in [2.24, 2.45) is 5.92 Å². The molecule has 0 aliphatic rings. The van der Waals surface area contributed by atoms with Gasteiger partial charge in [0.25, 0.3) is 0 Å². The topological polar surface area (TPSA) is 55.8 Å². The fourth-order valence-electron chi connectivity index (χ4n) is 3.53. The van der Waals surface area contributed by atoms with Crippen LogP contribution in [0.3, 0.4) is 0 Å². The van der Waals surface area contributed by atoms with Crippen LogP contribution in [0.1, 0.15) is 44.4 Å². The highest BCUT2D eigenvalue weighted by Crippen LogP contribution is 2.38. The summed E-state index contributed by atoms with van der Waals surface area (Å²) < 4.78 is 50.9. The summed E-state index contributed by atoms with van der Waals surface area (Å²) in [5, 5.41) is 0. The third kappa shape index (κ3) is 6.73. The molecule has 8 heteroatoms. The molecule has 0 spiro atoms.